The Kier molecular flexibility index (Phi) is 6.04. The number of carbonyl (C=O) groups is 1. The second kappa shape index (κ2) is 7.13. The van der Waals surface area contributed by atoms with Crippen LogP contribution in [0.25, 0.3) is 0 Å². The summed E-state index contributed by atoms with van der Waals surface area (Å²) in [5.74, 6) is 0.853. The van der Waals surface area contributed by atoms with Gasteiger partial charge in [0.15, 0.2) is 17.6 Å². The molecule has 6 heteroatoms. The summed E-state index contributed by atoms with van der Waals surface area (Å²) in [5.41, 5.74) is 6.24. The van der Waals surface area contributed by atoms with Gasteiger partial charge in [-0.25, -0.2) is 0 Å². The fourth-order valence-electron chi connectivity index (χ4n) is 1.71. The number of hydrogen-bond donors (Lipinski definition) is 2. The first-order chi connectivity index (χ1) is 9.67. The Balaban J connectivity index is 2.94. The molecule has 1 atom stereocenters. The summed E-state index contributed by atoms with van der Waals surface area (Å²) < 4.78 is 11.8. The van der Waals surface area contributed by atoms with Gasteiger partial charge in [0, 0.05) is 12.1 Å². The van der Waals surface area contributed by atoms with E-state index in [-0.39, 0.29) is 11.4 Å². The molecule has 0 aliphatic heterocycles. The van der Waals surface area contributed by atoms with Crippen LogP contribution in [0.3, 0.4) is 0 Å². The molecule has 0 fully saturated rings. The standard InChI is InChI=1S/C15H23BrN2O3/c1-9(14(19)18-15(2,3)4)21-13-11(16)6-10(8-17)7-12(13)20-5/h6-7,9H,8,17H2,1-5H3,(H,18,19). The zero-order chi connectivity index (χ0) is 16.2. The second-order valence-electron chi connectivity index (χ2n) is 5.81. The Morgan fingerprint density at radius 3 is 2.52 bits per heavy atom. The largest absolute Gasteiger partial charge is 0.493 e. The lowest BCUT2D eigenvalue weighted by molar-refractivity contribution is -0.128. The van der Waals surface area contributed by atoms with Gasteiger partial charge in [-0.05, 0) is 61.3 Å². The molecule has 1 unspecified atom stereocenters. The van der Waals surface area contributed by atoms with Gasteiger partial charge in [-0.3, -0.25) is 4.79 Å². The maximum Gasteiger partial charge on any atom is 0.261 e. The van der Waals surface area contributed by atoms with Gasteiger partial charge in [-0.2, -0.15) is 0 Å². The first-order valence-electron chi connectivity index (χ1n) is 6.73. The smallest absolute Gasteiger partial charge is 0.261 e. The van der Waals surface area contributed by atoms with Crippen LogP contribution in [0.15, 0.2) is 16.6 Å². The van der Waals surface area contributed by atoms with Gasteiger partial charge in [-0.1, -0.05) is 0 Å². The van der Waals surface area contributed by atoms with Crippen molar-refractivity contribution in [2.75, 3.05) is 7.11 Å². The van der Waals surface area contributed by atoms with E-state index in [0.717, 1.165) is 5.56 Å². The van der Waals surface area contributed by atoms with Crippen molar-refractivity contribution < 1.29 is 14.3 Å². The average Bonchev–Trinajstić information content (AvgIpc) is 2.38. The van der Waals surface area contributed by atoms with Crippen LogP contribution in [0.4, 0.5) is 0 Å². The van der Waals surface area contributed by atoms with Gasteiger partial charge in [0.05, 0.1) is 11.6 Å². The molecule has 3 N–H and O–H groups in total. The maximum absolute atomic E-state index is 12.1. The van der Waals surface area contributed by atoms with E-state index in [1.54, 1.807) is 20.1 Å². The predicted octanol–water partition coefficient (Wildman–Crippen LogP) is 2.60. The third-order valence-corrected chi connectivity index (χ3v) is 3.28. The molecule has 0 spiro atoms. The molecule has 0 aromatic heterocycles. The zero-order valence-corrected chi connectivity index (χ0v) is 14.7. The molecule has 5 nitrogen and oxygen atoms in total. The third kappa shape index (κ3) is 5.21. The average molecular weight is 359 g/mol. The van der Waals surface area contributed by atoms with Crippen molar-refractivity contribution in [3.63, 3.8) is 0 Å². The highest BCUT2D eigenvalue weighted by Gasteiger charge is 2.23. The lowest BCUT2D eigenvalue weighted by atomic mass is 10.1. The Bertz CT molecular complexity index is 512. The van der Waals surface area contributed by atoms with Crippen LogP contribution in [0, 0.1) is 0 Å². The lowest BCUT2D eigenvalue weighted by Gasteiger charge is -2.24. The van der Waals surface area contributed by atoms with Crippen LogP contribution >= 0.6 is 15.9 Å². The van der Waals surface area contributed by atoms with Crippen molar-refractivity contribution >= 4 is 21.8 Å². The van der Waals surface area contributed by atoms with E-state index in [2.05, 4.69) is 21.2 Å². The summed E-state index contributed by atoms with van der Waals surface area (Å²) in [6, 6.07) is 3.65. The van der Waals surface area contributed by atoms with Crippen molar-refractivity contribution in [1.82, 2.24) is 5.32 Å². The minimum absolute atomic E-state index is 0.181. The number of carbonyl (C=O) groups excluding carboxylic acids is 1. The van der Waals surface area contributed by atoms with Crippen LogP contribution in [0.5, 0.6) is 11.5 Å². The molecule has 0 saturated carbocycles. The number of nitrogens with two attached hydrogens (primary N) is 1. The van der Waals surface area contributed by atoms with E-state index in [9.17, 15) is 4.79 Å². The normalized spacial score (nSPS) is 12.7. The summed E-state index contributed by atoms with van der Waals surface area (Å²) in [6.45, 7) is 7.86. The van der Waals surface area contributed by atoms with Crippen LogP contribution in [-0.4, -0.2) is 24.7 Å². The third-order valence-electron chi connectivity index (χ3n) is 2.69. The maximum atomic E-state index is 12.1. The second-order valence-corrected chi connectivity index (χ2v) is 6.67. The molecular formula is C15H23BrN2O3. The van der Waals surface area contributed by atoms with Gasteiger partial charge in [-0.15, -0.1) is 0 Å². The summed E-state index contributed by atoms with van der Waals surface area (Å²) in [5, 5.41) is 2.88. The monoisotopic (exact) mass is 358 g/mol. The lowest BCUT2D eigenvalue weighted by Crippen LogP contribution is -2.46. The fourth-order valence-corrected chi connectivity index (χ4v) is 2.29. The summed E-state index contributed by atoms with van der Waals surface area (Å²) >= 11 is 3.43. The van der Waals surface area contributed by atoms with Crippen LogP contribution < -0.4 is 20.5 Å². The van der Waals surface area contributed by atoms with Crippen LogP contribution in [0.1, 0.15) is 33.3 Å². The first kappa shape index (κ1) is 17.8. The Morgan fingerprint density at radius 1 is 1.43 bits per heavy atom. The van der Waals surface area contributed by atoms with Crippen molar-refractivity contribution in [2.45, 2.75) is 45.9 Å². The number of ether oxygens (including phenoxy) is 2. The quantitative estimate of drug-likeness (QED) is 0.848. The molecule has 118 valence electrons. The number of halogens is 1. The molecule has 0 aliphatic carbocycles. The predicted molar refractivity (Wildman–Crippen MR) is 86.6 cm³/mol. The summed E-state index contributed by atoms with van der Waals surface area (Å²) in [6.07, 6.45) is -0.641. The van der Waals surface area contributed by atoms with Crippen LogP contribution in [0.2, 0.25) is 0 Å². The van der Waals surface area contributed by atoms with Gasteiger partial charge in [0.2, 0.25) is 0 Å². The first-order valence-corrected chi connectivity index (χ1v) is 7.52. The molecule has 1 rings (SSSR count). The van der Waals surface area contributed by atoms with Gasteiger partial charge in [0.1, 0.15) is 0 Å². The van der Waals surface area contributed by atoms with E-state index < -0.39 is 6.10 Å². The number of nitrogens with one attached hydrogen (secondary N) is 1. The van der Waals surface area contributed by atoms with Gasteiger partial charge in [0.25, 0.3) is 5.91 Å². The summed E-state index contributed by atoms with van der Waals surface area (Å²) in [7, 11) is 1.55. The Morgan fingerprint density at radius 2 is 2.05 bits per heavy atom. The topological polar surface area (TPSA) is 73.6 Å². The molecule has 1 aromatic rings. The molecule has 21 heavy (non-hydrogen) atoms. The minimum Gasteiger partial charge on any atom is -0.493 e. The minimum atomic E-state index is -0.641. The molecule has 0 aliphatic rings. The molecule has 0 heterocycles. The SMILES string of the molecule is COc1cc(CN)cc(Br)c1OC(C)C(=O)NC(C)(C)C. The number of hydrogen-bond acceptors (Lipinski definition) is 4. The molecule has 1 aromatic carbocycles. The fraction of sp³-hybridized carbons (Fsp3) is 0.533. The van der Waals surface area contributed by atoms with E-state index in [0.29, 0.717) is 22.5 Å². The number of benzene rings is 1. The molecule has 0 radical (unpaired) electrons. The Hall–Kier alpha value is -1.27. The molecule has 1 amide bonds. The van der Waals surface area contributed by atoms with Gasteiger partial charge < -0.3 is 20.5 Å². The van der Waals surface area contributed by atoms with Crippen molar-refractivity contribution in [3.8, 4) is 11.5 Å². The van der Waals surface area contributed by atoms with E-state index in [1.807, 2.05) is 26.8 Å². The van der Waals surface area contributed by atoms with E-state index in [1.165, 1.54) is 0 Å². The summed E-state index contributed by atoms with van der Waals surface area (Å²) in [4.78, 5) is 12.1. The highest BCUT2D eigenvalue weighted by atomic mass is 79.9. The van der Waals surface area contributed by atoms with E-state index in [4.69, 9.17) is 15.2 Å². The van der Waals surface area contributed by atoms with Crippen LogP contribution in [-0.2, 0) is 11.3 Å². The number of methoxy groups -OCH3 is 1. The van der Waals surface area contributed by atoms with E-state index >= 15 is 0 Å². The highest BCUT2D eigenvalue weighted by molar-refractivity contribution is 9.10. The van der Waals surface area contributed by atoms with Gasteiger partial charge >= 0.3 is 0 Å². The number of amides is 1. The zero-order valence-electron chi connectivity index (χ0n) is 13.1. The molecular weight excluding hydrogens is 336 g/mol. The van der Waals surface area contributed by atoms with Crippen molar-refractivity contribution in [1.29, 1.82) is 0 Å². The van der Waals surface area contributed by atoms with Crippen molar-refractivity contribution in [3.05, 3.63) is 22.2 Å². The number of rotatable bonds is 5. The molecule has 0 bridgehead atoms. The van der Waals surface area contributed by atoms with Crippen molar-refractivity contribution in [2.24, 2.45) is 5.73 Å². The molecule has 0 saturated heterocycles. The Labute approximate surface area is 134 Å². The highest BCUT2D eigenvalue weighted by Crippen LogP contribution is 2.37.